The molecule has 0 aromatic heterocycles. The number of esters is 3. The van der Waals surface area contributed by atoms with E-state index >= 15 is 0 Å². The van der Waals surface area contributed by atoms with Gasteiger partial charge < -0.3 is 14.2 Å². The summed E-state index contributed by atoms with van der Waals surface area (Å²) >= 11 is 0. The van der Waals surface area contributed by atoms with Crippen LogP contribution in [0.3, 0.4) is 0 Å². The average molecular weight is 781 g/mol. The van der Waals surface area contributed by atoms with Crippen LogP contribution in [0.25, 0.3) is 0 Å². The summed E-state index contributed by atoms with van der Waals surface area (Å²) in [7, 11) is 0. The predicted octanol–water partition coefficient (Wildman–Crippen LogP) is 14.7. The van der Waals surface area contributed by atoms with E-state index in [2.05, 4.69) is 93.7 Å². The number of hydrogen-bond acceptors (Lipinski definition) is 6. The fraction of sp³-hybridized carbons (Fsp3) is 0.700. The molecule has 0 amide bonds. The van der Waals surface area contributed by atoms with E-state index in [1.165, 1.54) is 77.0 Å². The van der Waals surface area contributed by atoms with E-state index in [4.69, 9.17) is 14.2 Å². The Morgan fingerprint density at radius 3 is 1.30 bits per heavy atom. The second kappa shape index (κ2) is 44.6. The largest absolute Gasteiger partial charge is 0.462 e. The Morgan fingerprint density at radius 2 is 0.768 bits per heavy atom. The minimum atomic E-state index is -0.816. The van der Waals surface area contributed by atoms with Gasteiger partial charge in [0.15, 0.2) is 6.10 Å². The first-order chi connectivity index (χ1) is 27.5. The highest BCUT2D eigenvalue weighted by molar-refractivity contribution is 5.71. The molecule has 0 aliphatic heterocycles. The maximum absolute atomic E-state index is 12.7. The van der Waals surface area contributed by atoms with Crippen molar-refractivity contribution in [3.8, 4) is 0 Å². The van der Waals surface area contributed by atoms with Crippen LogP contribution < -0.4 is 0 Å². The maximum atomic E-state index is 12.7. The van der Waals surface area contributed by atoms with Gasteiger partial charge in [0.25, 0.3) is 0 Å². The molecule has 1 atom stereocenters. The van der Waals surface area contributed by atoms with E-state index < -0.39 is 6.10 Å². The Morgan fingerprint density at radius 1 is 0.393 bits per heavy atom. The fourth-order valence-corrected chi connectivity index (χ4v) is 5.99. The minimum absolute atomic E-state index is 0.113. The van der Waals surface area contributed by atoms with Crippen LogP contribution in [-0.4, -0.2) is 37.2 Å². The topological polar surface area (TPSA) is 78.9 Å². The van der Waals surface area contributed by atoms with Crippen LogP contribution in [0.2, 0.25) is 0 Å². The number of rotatable bonds is 40. The van der Waals surface area contributed by atoms with Gasteiger partial charge in [-0.3, -0.25) is 14.4 Å². The molecule has 0 spiro atoms. The number of carbonyl (C=O) groups is 3. The summed E-state index contributed by atoms with van der Waals surface area (Å²) in [5, 5.41) is 0. The van der Waals surface area contributed by atoms with Crippen molar-refractivity contribution in [2.75, 3.05) is 13.2 Å². The van der Waals surface area contributed by atoms with Crippen molar-refractivity contribution in [3.63, 3.8) is 0 Å². The van der Waals surface area contributed by atoms with E-state index in [9.17, 15) is 14.4 Å². The zero-order valence-corrected chi connectivity index (χ0v) is 36.4. The Kier molecular flexibility index (Phi) is 42.1. The monoisotopic (exact) mass is 781 g/mol. The van der Waals surface area contributed by atoms with Gasteiger partial charge in [0.1, 0.15) is 13.2 Å². The van der Waals surface area contributed by atoms with Crippen molar-refractivity contribution in [2.24, 2.45) is 0 Å². The number of carbonyl (C=O) groups excluding carboxylic acids is 3. The normalized spacial score (nSPS) is 12.7. The molecule has 0 aromatic carbocycles. The van der Waals surface area contributed by atoms with Gasteiger partial charge in [0.2, 0.25) is 0 Å². The third-order valence-electron chi connectivity index (χ3n) is 9.44. The minimum Gasteiger partial charge on any atom is -0.462 e. The maximum Gasteiger partial charge on any atom is 0.306 e. The van der Waals surface area contributed by atoms with Crippen molar-refractivity contribution in [1.82, 2.24) is 0 Å². The molecular weight excluding hydrogens is 697 g/mol. The van der Waals surface area contributed by atoms with Crippen LogP contribution in [0.15, 0.2) is 72.9 Å². The van der Waals surface area contributed by atoms with Gasteiger partial charge in [-0.2, -0.15) is 0 Å². The summed E-state index contributed by atoms with van der Waals surface area (Å²) in [6.07, 6.45) is 54.8. The molecule has 1 unspecified atom stereocenters. The number of ether oxygens (including phenoxy) is 3. The molecule has 320 valence electrons. The van der Waals surface area contributed by atoms with E-state index in [1.54, 1.807) is 0 Å². The van der Waals surface area contributed by atoms with Crippen LogP contribution in [0.5, 0.6) is 0 Å². The first kappa shape index (κ1) is 52.9. The second-order valence-corrected chi connectivity index (χ2v) is 14.9. The standard InChI is InChI=1S/C50H84O6/c1-4-7-10-13-16-19-21-22-23-24-25-26-27-29-31-34-37-40-43-49(52)55-46-47(45-54-48(51)42-39-36-33-30-18-15-12-9-6-3)56-50(53)44-41-38-35-32-28-20-17-14-11-8-5-2/h8,11,17,20,23-26,30,32-33,35,47H,4-7,9-10,12-16,18-19,21-22,27-29,31,34,36-46H2,1-3H3/b11-8-,20-17-,24-23-,26-25-,33-30-,35-32-. The Hall–Kier alpha value is -3.15. The summed E-state index contributed by atoms with van der Waals surface area (Å²) < 4.78 is 16.6. The van der Waals surface area contributed by atoms with Crippen molar-refractivity contribution in [3.05, 3.63) is 72.9 Å². The van der Waals surface area contributed by atoms with Gasteiger partial charge in [-0.1, -0.05) is 171 Å². The van der Waals surface area contributed by atoms with Crippen LogP contribution in [0.4, 0.5) is 0 Å². The molecule has 0 heterocycles. The van der Waals surface area contributed by atoms with E-state index in [0.29, 0.717) is 25.7 Å². The summed E-state index contributed by atoms with van der Waals surface area (Å²) in [5.41, 5.74) is 0. The van der Waals surface area contributed by atoms with Gasteiger partial charge in [0, 0.05) is 19.3 Å². The fourth-order valence-electron chi connectivity index (χ4n) is 5.99. The molecule has 6 heteroatoms. The molecule has 6 nitrogen and oxygen atoms in total. The van der Waals surface area contributed by atoms with Crippen LogP contribution >= 0.6 is 0 Å². The van der Waals surface area contributed by atoms with E-state index in [-0.39, 0.29) is 37.5 Å². The Bertz CT molecular complexity index is 1080. The molecular formula is C50H84O6. The molecule has 0 fully saturated rings. The molecule has 0 rings (SSSR count). The lowest BCUT2D eigenvalue weighted by molar-refractivity contribution is -0.167. The quantitative estimate of drug-likeness (QED) is 0.0203. The van der Waals surface area contributed by atoms with Crippen molar-refractivity contribution < 1.29 is 28.6 Å². The highest BCUT2D eigenvalue weighted by Gasteiger charge is 2.19. The number of allylic oxidation sites excluding steroid dienone is 12. The molecule has 0 aliphatic carbocycles. The lowest BCUT2D eigenvalue weighted by Crippen LogP contribution is -2.30. The number of hydrogen-bond donors (Lipinski definition) is 0. The molecule has 0 N–H and O–H groups in total. The van der Waals surface area contributed by atoms with Gasteiger partial charge in [-0.25, -0.2) is 0 Å². The second-order valence-electron chi connectivity index (χ2n) is 14.9. The van der Waals surface area contributed by atoms with E-state index in [0.717, 1.165) is 77.0 Å². The number of unbranched alkanes of at least 4 members (excludes halogenated alkanes) is 18. The molecule has 0 aliphatic rings. The SMILES string of the molecule is CC/C=C\C/C=C\C/C=C\CCCC(=O)OC(COC(=O)CCC/C=C\CCCCCC)COC(=O)CCCCCCC/C=C\C=C/CCCCCCCCC. The molecule has 0 aromatic rings. The third kappa shape index (κ3) is 42.0. The smallest absolute Gasteiger partial charge is 0.306 e. The van der Waals surface area contributed by atoms with Crippen LogP contribution in [0, 0.1) is 0 Å². The molecule has 0 saturated carbocycles. The highest BCUT2D eigenvalue weighted by atomic mass is 16.6. The van der Waals surface area contributed by atoms with Gasteiger partial charge in [-0.05, 0) is 89.9 Å². The first-order valence-electron chi connectivity index (χ1n) is 23.0. The van der Waals surface area contributed by atoms with Crippen LogP contribution in [-0.2, 0) is 28.6 Å². The summed E-state index contributed by atoms with van der Waals surface area (Å²) in [4.78, 5) is 37.6. The Labute approximate surface area is 344 Å². The summed E-state index contributed by atoms with van der Waals surface area (Å²) in [5.74, 6) is -1.03. The van der Waals surface area contributed by atoms with E-state index in [1.807, 2.05) is 0 Å². The van der Waals surface area contributed by atoms with Crippen LogP contribution in [0.1, 0.15) is 207 Å². The highest BCUT2D eigenvalue weighted by Crippen LogP contribution is 2.12. The van der Waals surface area contributed by atoms with Gasteiger partial charge >= 0.3 is 17.9 Å². The summed E-state index contributed by atoms with van der Waals surface area (Å²) in [6, 6.07) is 0. The Balaban J connectivity index is 4.42. The lowest BCUT2D eigenvalue weighted by atomic mass is 10.1. The lowest BCUT2D eigenvalue weighted by Gasteiger charge is -2.18. The van der Waals surface area contributed by atoms with Gasteiger partial charge in [0.05, 0.1) is 0 Å². The molecule has 0 bridgehead atoms. The van der Waals surface area contributed by atoms with Crippen molar-refractivity contribution in [1.29, 1.82) is 0 Å². The average Bonchev–Trinajstić information content (AvgIpc) is 3.19. The van der Waals surface area contributed by atoms with Crippen molar-refractivity contribution >= 4 is 17.9 Å². The molecule has 56 heavy (non-hydrogen) atoms. The molecule has 0 radical (unpaired) electrons. The van der Waals surface area contributed by atoms with Gasteiger partial charge in [-0.15, -0.1) is 0 Å². The predicted molar refractivity (Wildman–Crippen MR) is 238 cm³/mol. The zero-order chi connectivity index (χ0) is 40.8. The molecule has 0 saturated heterocycles. The summed E-state index contributed by atoms with van der Waals surface area (Å²) in [6.45, 7) is 6.37. The first-order valence-corrected chi connectivity index (χ1v) is 23.0. The van der Waals surface area contributed by atoms with Crippen molar-refractivity contribution in [2.45, 2.75) is 213 Å². The zero-order valence-electron chi connectivity index (χ0n) is 36.4. The third-order valence-corrected chi connectivity index (χ3v) is 9.44.